The quantitative estimate of drug-likeness (QED) is 0.708. The first-order chi connectivity index (χ1) is 10.1. The SMILES string of the molecule is CCCNCc1ccc(OCCC(=O)N(C)C)c(OC)c1. The van der Waals surface area contributed by atoms with Gasteiger partial charge in [0.25, 0.3) is 0 Å². The molecule has 1 rings (SSSR count). The summed E-state index contributed by atoms with van der Waals surface area (Å²) in [6.07, 6.45) is 1.47. The summed E-state index contributed by atoms with van der Waals surface area (Å²) in [6, 6.07) is 5.86. The molecule has 21 heavy (non-hydrogen) atoms. The second-order valence-electron chi connectivity index (χ2n) is 5.05. The highest BCUT2D eigenvalue weighted by atomic mass is 16.5. The number of rotatable bonds is 9. The molecule has 0 atom stereocenters. The zero-order valence-electron chi connectivity index (χ0n) is 13.4. The van der Waals surface area contributed by atoms with Crippen LogP contribution >= 0.6 is 0 Å². The third kappa shape index (κ3) is 6.04. The van der Waals surface area contributed by atoms with Crippen LogP contribution in [0.15, 0.2) is 18.2 Å². The van der Waals surface area contributed by atoms with Crippen LogP contribution in [0.4, 0.5) is 0 Å². The number of nitrogens with one attached hydrogen (secondary N) is 1. The predicted molar refractivity (Wildman–Crippen MR) is 83.8 cm³/mol. The minimum absolute atomic E-state index is 0.0503. The number of hydrogen-bond donors (Lipinski definition) is 1. The van der Waals surface area contributed by atoms with Crippen LogP contribution in [-0.4, -0.2) is 45.2 Å². The number of carbonyl (C=O) groups is 1. The van der Waals surface area contributed by atoms with Crippen LogP contribution in [-0.2, 0) is 11.3 Å². The van der Waals surface area contributed by atoms with Gasteiger partial charge in [0.15, 0.2) is 11.5 Å². The Kier molecular flexibility index (Phi) is 7.61. The molecule has 0 spiro atoms. The summed E-state index contributed by atoms with van der Waals surface area (Å²) in [5.74, 6) is 1.42. The highest BCUT2D eigenvalue weighted by Crippen LogP contribution is 2.28. The largest absolute Gasteiger partial charge is 0.493 e. The van der Waals surface area contributed by atoms with Crippen molar-refractivity contribution in [3.8, 4) is 11.5 Å². The van der Waals surface area contributed by atoms with Crippen molar-refractivity contribution in [2.75, 3.05) is 34.4 Å². The van der Waals surface area contributed by atoms with E-state index in [1.165, 1.54) is 0 Å². The van der Waals surface area contributed by atoms with Gasteiger partial charge in [-0.15, -0.1) is 0 Å². The second kappa shape index (κ2) is 9.23. The van der Waals surface area contributed by atoms with Gasteiger partial charge in [-0.2, -0.15) is 0 Å². The Morgan fingerprint density at radius 3 is 2.67 bits per heavy atom. The first-order valence-electron chi connectivity index (χ1n) is 7.29. The van der Waals surface area contributed by atoms with Gasteiger partial charge in [0.1, 0.15) is 0 Å². The summed E-state index contributed by atoms with van der Waals surface area (Å²) in [6.45, 7) is 4.29. The first kappa shape index (κ1) is 17.3. The summed E-state index contributed by atoms with van der Waals surface area (Å²) < 4.78 is 11.0. The molecule has 5 heteroatoms. The molecule has 0 aliphatic carbocycles. The lowest BCUT2D eigenvalue weighted by Gasteiger charge is -2.14. The standard InChI is InChI=1S/C16H26N2O3/c1-5-9-17-12-13-6-7-14(15(11-13)20-4)21-10-8-16(19)18(2)3/h6-7,11,17H,5,8-10,12H2,1-4H3. The highest BCUT2D eigenvalue weighted by Gasteiger charge is 2.08. The zero-order valence-corrected chi connectivity index (χ0v) is 13.4. The lowest BCUT2D eigenvalue weighted by Crippen LogP contribution is -2.23. The van der Waals surface area contributed by atoms with E-state index in [1.807, 2.05) is 18.2 Å². The smallest absolute Gasteiger partial charge is 0.225 e. The molecule has 1 aromatic carbocycles. The van der Waals surface area contributed by atoms with E-state index in [0.717, 1.165) is 25.1 Å². The van der Waals surface area contributed by atoms with Gasteiger partial charge in [-0.3, -0.25) is 4.79 Å². The Balaban J connectivity index is 2.56. The lowest BCUT2D eigenvalue weighted by atomic mass is 10.2. The van der Waals surface area contributed by atoms with E-state index < -0.39 is 0 Å². The Morgan fingerprint density at radius 2 is 2.05 bits per heavy atom. The molecular weight excluding hydrogens is 268 g/mol. The number of nitrogens with zero attached hydrogens (tertiary/aromatic N) is 1. The molecule has 1 amide bonds. The van der Waals surface area contributed by atoms with Crippen LogP contribution in [0, 0.1) is 0 Å². The number of hydrogen-bond acceptors (Lipinski definition) is 4. The van der Waals surface area contributed by atoms with Gasteiger partial charge in [-0.1, -0.05) is 13.0 Å². The number of carbonyl (C=O) groups excluding carboxylic acids is 1. The second-order valence-corrected chi connectivity index (χ2v) is 5.05. The van der Waals surface area contributed by atoms with Gasteiger partial charge < -0.3 is 19.7 Å². The lowest BCUT2D eigenvalue weighted by molar-refractivity contribution is -0.129. The minimum atomic E-state index is 0.0503. The number of benzene rings is 1. The molecule has 1 aromatic rings. The molecule has 5 nitrogen and oxygen atoms in total. The van der Waals surface area contributed by atoms with Crippen molar-refractivity contribution in [2.45, 2.75) is 26.3 Å². The molecule has 0 fully saturated rings. The Morgan fingerprint density at radius 1 is 1.29 bits per heavy atom. The van der Waals surface area contributed by atoms with E-state index >= 15 is 0 Å². The molecule has 1 N–H and O–H groups in total. The molecule has 0 aliphatic heterocycles. The fourth-order valence-corrected chi connectivity index (χ4v) is 1.82. The van der Waals surface area contributed by atoms with Crippen LogP contribution in [0.3, 0.4) is 0 Å². The molecule has 0 aliphatic rings. The van der Waals surface area contributed by atoms with E-state index in [0.29, 0.717) is 24.5 Å². The first-order valence-corrected chi connectivity index (χ1v) is 7.29. The predicted octanol–water partition coefficient (Wildman–Crippen LogP) is 2.05. The van der Waals surface area contributed by atoms with Crippen molar-refractivity contribution < 1.29 is 14.3 Å². The maximum absolute atomic E-state index is 11.5. The third-order valence-corrected chi connectivity index (χ3v) is 3.06. The normalized spacial score (nSPS) is 10.3. The highest BCUT2D eigenvalue weighted by molar-refractivity contribution is 5.75. The number of amides is 1. The van der Waals surface area contributed by atoms with Crippen LogP contribution in [0.5, 0.6) is 11.5 Å². The van der Waals surface area contributed by atoms with Gasteiger partial charge in [-0.25, -0.2) is 0 Å². The van der Waals surface area contributed by atoms with Gasteiger partial charge >= 0.3 is 0 Å². The third-order valence-electron chi connectivity index (χ3n) is 3.06. The van der Waals surface area contributed by atoms with E-state index in [9.17, 15) is 4.79 Å². The molecule has 0 saturated heterocycles. The van der Waals surface area contributed by atoms with Crippen LogP contribution in [0.1, 0.15) is 25.3 Å². The Hall–Kier alpha value is -1.75. The molecule has 0 bridgehead atoms. The summed E-state index contributed by atoms with van der Waals surface area (Å²) in [5, 5.41) is 3.35. The van der Waals surface area contributed by atoms with Gasteiger partial charge in [0.05, 0.1) is 20.1 Å². The summed E-state index contributed by atoms with van der Waals surface area (Å²) in [4.78, 5) is 13.1. The Bertz CT molecular complexity index is 447. The average Bonchev–Trinajstić information content (AvgIpc) is 2.48. The maximum Gasteiger partial charge on any atom is 0.225 e. The monoisotopic (exact) mass is 294 g/mol. The summed E-state index contributed by atoms with van der Waals surface area (Å²) in [7, 11) is 5.10. The van der Waals surface area contributed by atoms with Crippen molar-refractivity contribution >= 4 is 5.91 Å². The fourth-order valence-electron chi connectivity index (χ4n) is 1.82. The maximum atomic E-state index is 11.5. The van der Waals surface area contributed by atoms with E-state index in [-0.39, 0.29) is 5.91 Å². The van der Waals surface area contributed by atoms with Crippen LogP contribution < -0.4 is 14.8 Å². The van der Waals surface area contributed by atoms with Crippen molar-refractivity contribution in [1.82, 2.24) is 10.2 Å². The summed E-state index contributed by atoms with van der Waals surface area (Å²) >= 11 is 0. The van der Waals surface area contributed by atoms with Crippen molar-refractivity contribution in [1.29, 1.82) is 0 Å². The molecule has 118 valence electrons. The number of methoxy groups -OCH3 is 1. The number of ether oxygens (including phenoxy) is 2. The van der Waals surface area contributed by atoms with E-state index in [4.69, 9.17) is 9.47 Å². The van der Waals surface area contributed by atoms with Crippen LogP contribution in [0.2, 0.25) is 0 Å². The molecule has 0 aromatic heterocycles. The van der Waals surface area contributed by atoms with Crippen molar-refractivity contribution in [2.24, 2.45) is 0 Å². The summed E-state index contributed by atoms with van der Waals surface area (Å²) in [5.41, 5.74) is 1.15. The molecular formula is C16H26N2O3. The van der Waals surface area contributed by atoms with Gasteiger partial charge in [-0.05, 0) is 30.7 Å². The van der Waals surface area contributed by atoms with E-state index in [2.05, 4.69) is 12.2 Å². The van der Waals surface area contributed by atoms with Crippen LogP contribution in [0.25, 0.3) is 0 Å². The Labute approximate surface area is 127 Å². The fraction of sp³-hybridized carbons (Fsp3) is 0.562. The van der Waals surface area contributed by atoms with Gasteiger partial charge in [0, 0.05) is 20.6 Å². The van der Waals surface area contributed by atoms with E-state index in [1.54, 1.807) is 26.1 Å². The van der Waals surface area contributed by atoms with Crippen molar-refractivity contribution in [3.63, 3.8) is 0 Å². The topological polar surface area (TPSA) is 50.8 Å². The van der Waals surface area contributed by atoms with Gasteiger partial charge in [0.2, 0.25) is 5.91 Å². The molecule has 0 radical (unpaired) electrons. The molecule has 0 unspecified atom stereocenters. The molecule has 0 saturated carbocycles. The van der Waals surface area contributed by atoms with Crippen molar-refractivity contribution in [3.05, 3.63) is 23.8 Å². The molecule has 0 heterocycles. The average molecular weight is 294 g/mol. The minimum Gasteiger partial charge on any atom is -0.493 e. The zero-order chi connectivity index (χ0) is 15.7.